The Labute approximate surface area is 165 Å². The molecule has 0 bridgehead atoms. The minimum absolute atomic E-state index is 0.0299. The summed E-state index contributed by atoms with van der Waals surface area (Å²) in [6.45, 7) is 0. The van der Waals surface area contributed by atoms with Crippen molar-refractivity contribution < 1.29 is 9.59 Å². The average Bonchev–Trinajstić information content (AvgIpc) is 2.49. The van der Waals surface area contributed by atoms with Crippen LogP contribution in [0.25, 0.3) is 0 Å². The molecule has 0 atom stereocenters. The van der Waals surface area contributed by atoms with E-state index in [-0.39, 0.29) is 57.4 Å². The van der Waals surface area contributed by atoms with E-state index in [1.807, 2.05) is 0 Å². The molecule has 2 aromatic carbocycles. The molecule has 0 unspecified atom stereocenters. The Morgan fingerprint density at radius 3 is 1.35 bits per heavy atom. The van der Waals surface area contributed by atoms with Gasteiger partial charge in [0.2, 0.25) is 0 Å². The molecule has 1 aliphatic carbocycles. The second kappa shape index (κ2) is 5.96. The number of rotatable bonds is 0. The van der Waals surface area contributed by atoms with Crippen LogP contribution >= 0.6 is 81.2 Å². The highest BCUT2D eigenvalue weighted by atomic mass is 35.5. The van der Waals surface area contributed by atoms with Crippen LogP contribution in [0.15, 0.2) is 6.07 Å². The standard InChI is InChI=1S/C14HCl7O2/c15-2-1-3(16)8(17)5-4(2)13(22)6-7(14(5)23)10(19)12(21)11(20)9(6)18/h1H. The SMILES string of the molecule is O=C1c2c(Cl)cc(Cl)c(Cl)c2C(=O)c2c(Cl)c(Cl)c(Cl)c(Cl)c21. The minimum Gasteiger partial charge on any atom is -0.288 e. The summed E-state index contributed by atoms with van der Waals surface area (Å²) in [5, 5.41) is -0.731. The van der Waals surface area contributed by atoms with E-state index in [0.717, 1.165) is 0 Å². The van der Waals surface area contributed by atoms with Crippen LogP contribution in [0.4, 0.5) is 0 Å². The number of carbonyl (C=O) groups is 2. The first-order chi connectivity index (χ1) is 10.7. The van der Waals surface area contributed by atoms with Crippen molar-refractivity contribution in [3.8, 4) is 0 Å². The predicted octanol–water partition coefficient (Wildman–Crippen LogP) is 7.04. The highest BCUT2D eigenvalue weighted by Gasteiger charge is 2.39. The molecule has 2 aromatic rings. The van der Waals surface area contributed by atoms with Gasteiger partial charge in [0.15, 0.2) is 11.6 Å². The lowest BCUT2D eigenvalue weighted by molar-refractivity contribution is 0.0979. The van der Waals surface area contributed by atoms with Gasteiger partial charge in [-0.1, -0.05) is 81.2 Å². The van der Waals surface area contributed by atoms with E-state index >= 15 is 0 Å². The topological polar surface area (TPSA) is 34.1 Å². The maximum atomic E-state index is 12.8. The molecule has 0 fully saturated rings. The van der Waals surface area contributed by atoms with Crippen LogP contribution in [-0.2, 0) is 0 Å². The van der Waals surface area contributed by atoms with Crippen molar-refractivity contribution in [2.75, 3.05) is 0 Å². The molecule has 0 amide bonds. The Kier molecular flexibility index (Phi) is 4.57. The minimum atomic E-state index is -0.658. The molecule has 0 aliphatic heterocycles. The van der Waals surface area contributed by atoms with Crippen molar-refractivity contribution in [1.29, 1.82) is 0 Å². The predicted molar refractivity (Wildman–Crippen MR) is 94.8 cm³/mol. The van der Waals surface area contributed by atoms with Crippen LogP contribution in [0.3, 0.4) is 0 Å². The van der Waals surface area contributed by atoms with Gasteiger partial charge in [-0.3, -0.25) is 9.59 Å². The van der Waals surface area contributed by atoms with Crippen LogP contribution in [0.2, 0.25) is 35.2 Å². The second-order valence-electron chi connectivity index (χ2n) is 4.57. The maximum Gasteiger partial charge on any atom is 0.197 e. The molecule has 0 saturated carbocycles. The third-order valence-corrected chi connectivity index (χ3v) is 6.23. The normalized spacial score (nSPS) is 13.2. The summed E-state index contributed by atoms with van der Waals surface area (Å²) in [7, 11) is 0. The molecule has 23 heavy (non-hydrogen) atoms. The van der Waals surface area contributed by atoms with Crippen molar-refractivity contribution in [2.45, 2.75) is 0 Å². The molecule has 0 N–H and O–H groups in total. The molecule has 118 valence electrons. The summed E-state index contributed by atoms with van der Waals surface area (Å²) in [4.78, 5) is 25.6. The molecule has 1 aliphatic rings. The maximum absolute atomic E-state index is 12.8. The zero-order valence-corrected chi connectivity index (χ0v) is 15.8. The van der Waals surface area contributed by atoms with Crippen LogP contribution in [0.5, 0.6) is 0 Å². The number of fused-ring (bicyclic) bond motifs is 2. The van der Waals surface area contributed by atoms with Crippen LogP contribution < -0.4 is 0 Å². The molecule has 3 rings (SSSR count). The van der Waals surface area contributed by atoms with Crippen molar-refractivity contribution in [1.82, 2.24) is 0 Å². The Balaban J connectivity index is 2.51. The molecule has 9 heteroatoms. The molecule has 0 radical (unpaired) electrons. The van der Waals surface area contributed by atoms with Crippen molar-refractivity contribution in [3.05, 3.63) is 63.5 Å². The molecular formula is C14HCl7O2. The monoisotopic (exact) mass is 446 g/mol. The van der Waals surface area contributed by atoms with Gasteiger partial charge in [0.05, 0.1) is 57.4 Å². The lowest BCUT2D eigenvalue weighted by Crippen LogP contribution is -2.23. The number of benzene rings is 2. The van der Waals surface area contributed by atoms with E-state index in [9.17, 15) is 9.59 Å². The van der Waals surface area contributed by atoms with Crippen LogP contribution in [-0.4, -0.2) is 11.6 Å². The Hall–Kier alpha value is -0.190. The van der Waals surface area contributed by atoms with E-state index < -0.39 is 11.6 Å². The number of carbonyl (C=O) groups excluding carboxylic acids is 2. The highest BCUT2D eigenvalue weighted by molar-refractivity contribution is 6.57. The largest absolute Gasteiger partial charge is 0.288 e. The fraction of sp³-hybridized carbons (Fsp3) is 0. The second-order valence-corrected chi connectivity index (χ2v) is 7.27. The summed E-state index contributed by atoms with van der Waals surface area (Å²) in [5.41, 5.74) is -0.583. The highest BCUT2D eigenvalue weighted by Crippen LogP contribution is 2.48. The molecular weight excluding hydrogens is 448 g/mol. The van der Waals surface area contributed by atoms with Gasteiger partial charge in [0.1, 0.15) is 0 Å². The number of hydrogen-bond acceptors (Lipinski definition) is 2. The van der Waals surface area contributed by atoms with Crippen molar-refractivity contribution in [3.63, 3.8) is 0 Å². The first-order valence-electron chi connectivity index (χ1n) is 5.81. The van der Waals surface area contributed by atoms with Gasteiger partial charge in [-0.2, -0.15) is 0 Å². The summed E-state index contributed by atoms with van der Waals surface area (Å²) >= 11 is 42.2. The summed E-state index contributed by atoms with van der Waals surface area (Å²) in [5.74, 6) is -1.29. The van der Waals surface area contributed by atoms with Crippen LogP contribution in [0, 0.1) is 0 Å². The fourth-order valence-corrected chi connectivity index (χ4v) is 4.15. The van der Waals surface area contributed by atoms with Gasteiger partial charge in [-0.05, 0) is 6.07 Å². The van der Waals surface area contributed by atoms with Gasteiger partial charge in [-0.15, -0.1) is 0 Å². The average molecular weight is 449 g/mol. The van der Waals surface area contributed by atoms with E-state index in [1.54, 1.807) is 0 Å². The zero-order chi connectivity index (χ0) is 17.2. The Morgan fingerprint density at radius 1 is 0.478 bits per heavy atom. The third kappa shape index (κ3) is 2.39. The smallest absolute Gasteiger partial charge is 0.197 e. The molecule has 0 saturated heterocycles. The summed E-state index contributed by atoms with van der Waals surface area (Å²) < 4.78 is 0. The zero-order valence-electron chi connectivity index (χ0n) is 10.5. The molecule has 2 nitrogen and oxygen atoms in total. The van der Waals surface area contributed by atoms with Gasteiger partial charge in [0.25, 0.3) is 0 Å². The summed E-state index contributed by atoms with van der Waals surface area (Å²) in [6.07, 6.45) is 0. The Bertz CT molecular complexity index is 934. The molecule has 0 aromatic heterocycles. The van der Waals surface area contributed by atoms with E-state index in [2.05, 4.69) is 0 Å². The summed E-state index contributed by atoms with van der Waals surface area (Å²) in [6, 6.07) is 1.27. The van der Waals surface area contributed by atoms with Gasteiger partial charge in [0, 0.05) is 0 Å². The lowest BCUT2D eigenvalue weighted by Gasteiger charge is -2.23. The van der Waals surface area contributed by atoms with Gasteiger partial charge in [-0.25, -0.2) is 0 Å². The van der Waals surface area contributed by atoms with E-state index in [0.29, 0.717) is 0 Å². The van der Waals surface area contributed by atoms with Gasteiger partial charge < -0.3 is 0 Å². The lowest BCUT2D eigenvalue weighted by atomic mass is 9.83. The Morgan fingerprint density at radius 2 is 0.870 bits per heavy atom. The van der Waals surface area contributed by atoms with Crippen molar-refractivity contribution in [2.24, 2.45) is 0 Å². The van der Waals surface area contributed by atoms with Crippen molar-refractivity contribution >= 4 is 92.8 Å². The first-order valence-corrected chi connectivity index (χ1v) is 8.45. The number of hydrogen-bond donors (Lipinski definition) is 0. The van der Waals surface area contributed by atoms with Crippen LogP contribution in [0.1, 0.15) is 31.8 Å². The molecule has 0 spiro atoms. The number of halogens is 7. The first kappa shape index (κ1) is 17.6. The quantitative estimate of drug-likeness (QED) is 0.273. The van der Waals surface area contributed by atoms with E-state index in [4.69, 9.17) is 81.2 Å². The molecule has 0 heterocycles. The van der Waals surface area contributed by atoms with Gasteiger partial charge >= 0.3 is 0 Å². The third-order valence-electron chi connectivity index (χ3n) is 3.35. The fourth-order valence-electron chi connectivity index (χ4n) is 2.34. The number of ketones is 2. The van der Waals surface area contributed by atoms with E-state index in [1.165, 1.54) is 6.07 Å².